The van der Waals surface area contributed by atoms with Crippen LogP contribution in [0, 0.1) is 5.92 Å². The molecule has 0 heterocycles. The van der Waals surface area contributed by atoms with E-state index >= 15 is 0 Å². The van der Waals surface area contributed by atoms with E-state index in [2.05, 4.69) is 15.6 Å². The third-order valence-corrected chi connectivity index (χ3v) is 6.22. The Bertz CT molecular complexity index is 934. The van der Waals surface area contributed by atoms with Gasteiger partial charge in [0, 0.05) is 11.6 Å². The SMILES string of the molecule is O=C(NNc1ccc(S(=O)(=O)NC2CC2)cc1)c1ccc(OCC2CC2)cc1. The first-order valence-electron chi connectivity index (χ1n) is 9.41. The molecule has 0 aromatic heterocycles. The smallest absolute Gasteiger partial charge is 0.269 e. The van der Waals surface area contributed by atoms with Gasteiger partial charge in [-0.1, -0.05) is 0 Å². The summed E-state index contributed by atoms with van der Waals surface area (Å²) in [5.74, 6) is 1.15. The summed E-state index contributed by atoms with van der Waals surface area (Å²) in [6.07, 6.45) is 4.24. The summed E-state index contributed by atoms with van der Waals surface area (Å²) in [5, 5.41) is 0. The molecule has 0 unspecified atom stereocenters. The summed E-state index contributed by atoms with van der Waals surface area (Å²) in [7, 11) is -3.48. The molecule has 8 heteroatoms. The highest BCUT2D eigenvalue weighted by atomic mass is 32.2. The topological polar surface area (TPSA) is 96.5 Å². The normalized spacial score (nSPS) is 16.4. The maximum Gasteiger partial charge on any atom is 0.269 e. The molecule has 2 aliphatic carbocycles. The second kappa shape index (κ2) is 7.81. The zero-order valence-electron chi connectivity index (χ0n) is 15.4. The Balaban J connectivity index is 1.29. The molecule has 2 fully saturated rings. The molecule has 0 aliphatic heterocycles. The monoisotopic (exact) mass is 401 g/mol. The van der Waals surface area contributed by atoms with Crippen LogP contribution in [-0.4, -0.2) is 27.0 Å². The van der Waals surface area contributed by atoms with Gasteiger partial charge >= 0.3 is 0 Å². The third kappa shape index (κ3) is 5.02. The molecule has 2 aromatic rings. The van der Waals surface area contributed by atoms with Crippen LogP contribution in [0.15, 0.2) is 53.4 Å². The quantitative estimate of drug-likeness (QED) is 0.562. The first-order chi connectivity index (χ1) is 13.5. The standard InChI is InChI=1S/C20H23N3O4S/c24-20(15-3-9-18(10-4-15)27-13-14-1-2-14)22-21-16-7-11-19(12-8-16)28(25,26)23-17-5-6-17/h3-4,7-12,14,17,21,23H,1-2,5-6,13H2,(H,22,24). The van der Waals surface area contributed by atoms with Gasteiger partial charge in [0.1, 0.15) is 5.75 Å². The number of hydrogen-bond donors (Lipinski definition) is 3. The van der Waals surface area contributed by atoms with Gasteiger partial charge in [0.05, 0.1) is 17.2 Å². The summed E-state index contributed by atoms with van der Waals surface area (Å²) < 4.78 is 32.6. The number of ether oxygens (including phenoxy) is 1. The van der Waals surface area contributed by atoms with E-state index in [0.717, 1.165) is 25.2 Å². The highest BCUT2D eigenvalue weighted by molar-refractivity contribution is 7.89. The molecule has 2 saturated carbocycles. The number of carbonyl (C=O) groups excluding carboxylic acids is 1. The lowest BCUT2D eigenvalue weighted by Crippen LogP contribution is -2.29. The predicted octanol–water partition coefficient (Wildman–Crippen LogP) is 2.67. The minimum absolute atomic E-state index is 0.0626. The van der Waals surface area contributed by atoms with Gasteiger partial charge in [0.25, 0.3) is 5.91 Å². The molecule has 4 rings (SSSR count). The zero-order chi connectivity index (χ0) is 19.6. The molecule has 0 radical (unpaired) electrons. The molecule has 2 aromatic carbocycles. The number of hydrogen-bond acceptors (Lipinski definition) is 5. The predicted molar refractivity (Wildman–Crippen MR) is 106 cm³/mol. The van der Waals surface area contributed by atoms with Crippen molar-refractivity contribution in [2.75, 3.05) is 12.0 Å². The Morgan fingerprint density at radius 2 is 1.64 bits per heavy atom. The van der Waals surface area contributed by atoms with Crippen molar-refractivity contribution in [3.8, 4) is 5.75 Å². The van der Waals surface area contributed by atoms with Crippen molar-refractivity contribution >= 4 is 21.6 Å². The van der Waals surface area contributed by atoms with E-state index in [1.54, 1.807) is 36.4 Å². The molecule has 1 amide bonds. The second-order valence-electron chi connectivity index (χ2n) is 7.28. The van der Waals surface area contributed by atoms with Crippen LogP contribution in [-0.2, 0) is 10.0 Å². The molecule has 0 bridgehead atoms. The summed E-state index contributed by atoms with van der Waals surface area (Å²) in [5.41, 5.74) is 6.48. The van der Waals surface area contributed by atoms with Gasteiger partial charge in [-0.25, -0.2) is 13.1 Å². The van der Waals surface area contributed by atoms with Crippen molar-refractivity contribution in [1.29, 1.82) is 0 Å². The Kier molecular flexibility index (Phi) is 5.23. The maximum atomic E-state index is 12.2. The average Bonchev–Trinajstić information content (AvgIpc) is 3.61. The van der Waals surface area contributed by atoms with Gasteiger partial charge in [-0.2, -0.15) is 0 Å². The van der Waals surface area contributed by atoms with E-state index in [4.69, 9.17) is 4.74 Å². The van der Waals surface area contributed by atoms with Crippen LogP contribution in [0.4, 0.5) is 5.69 Å². The number of nitrogens with one attached hydrogen (secondary N) is 3. The van der Waals surface area contributed by atoms with Crippen LogP contribution in [0.5, 0.6) is 5.75 Å². The first kappa shape index (κ1) is 18.8. The van der Waals surface area contributed by atoms with Crippen molar-refractivity contribution in [2.24, 2.45) is 5.92 Å². The number of rotatable bonds is 9. The number of hydrazine groups is 1. The fraction of sp³-hybridized carbons (Fsp3) is 0.350. The molecule has 0 spiro atoms. The summed E-state index contributed by atoms with van der Waals surface area (Å²) in [6, 6.07) is 13.3. The van der Waals surface area contributed by atoms with Crippen molar-refractivity contribution in [3.63, 3.8) is 0 Å². The zero-order valence-corrected chi connectivity index (χ0v) is 16.2. The van der Waals surface area contributed by atoms with Gasteiger partial charge < -0.3 is 4.74 Å². The fourth-order valence-electron chi connectivity index (χ4n) is 2.61. The van der Waals surface area contributed by atoms with E-state index in [9.17, 15) is 13.2 Å². The minimum atomic E-state index is -3.48. The summed E-state index contributed by atoms with van der Waals surface area (Å²) in [4.78, 5) is 12.4. The Hall–Kier alpha value is -2.58. The molecular weight excluding hydrogens is 378 g/mol. The summed E-state index contributed by atoms with van der Waals surface area (Å²) in [6.45, 7) is 0.731. The second-order valence-corrected chi connectivity index (χ2v) is 8.99. The number of sulfonamides is 1. The van der Waals surface area contributed by atoms with Crippen LogP contribution < -0.4 is 20.3 Å². The average molecular weight is 401 g/mol. The van der Waals surface area contributed by atoms with Crippen molar-refractivity contribution in [1.82, 2.24) is 10.1 Å². The van der Waals surface area contributed by atoms with Crippen LogP contribution >= 0.6 is 0 Å². The van der Waals surface area contributed by atoms with E-state index in [-0.39, 0.29) is 16.8 Å². The van der Waals surface area contributed by atoms with Gasteiger partial charge in [-0.3, -0.25) is 15.6 Å². The van der Waals surface area contributed by atoms with E-state index in [1.807, 2.05) is 0 Å². The molecule has 0 atom stereocenters. The van der Waals surface area contributed by atoms with Crippen molar-refractivity contribution in [2.45, 2.75) is 36.6 Å². The minimum Gasteiger partial charge on any atom is -0.493 e. The van der Waals surface area contributed by atoms with Gasteiger partial charge in [0.15, 0.2) is 0 Å². The molecule has 3 N–H and O–H groups in total. The molecular formula is C20H23N3O4S. The van der Waals surface area contributed by atoms with Crippen LogP contribution in [0.25, 0.3) is 0 Å². The lowest BCUT2D eigenvalue weighted by Gasteiger charge is -2.11. The van der Waals surface area contributed by atoms with Crippen LogP contribution in [0.1, 0.15) is 36.0 Å². The molecule has 7 nitrogen and oxygen atoms in total. The largest absolute Gasteiger partial charge is 0.493 e. The molecule has 0 saturated heterocycles. The van der Waals surface area contributed by atoms with E-state index in [1.165, 1.54) is 25.0 Å². The first-order valence-corrected chi connectivity index (χ1v) is 10.9. The van der Waals surface area contributed by atoms with Gasteiger partial charge in [-0.05, 0) is 80.1 Å². The number of benzene rings is 2. The lowest BCUT2D eigenvalue weighted by atomic mass is 10.2. The van der Waals surface area contributed by atoms with Gasteiger partial charge in [0.2, 0.25) is 10.0 Å². The molecule has 148 valence electrons. The van der Waals surface area contributed by atoms with Gasteiger partial charge in [-0.15, -0.1) is 0 Å². The molecule has 28 heavy (non-hydrogen) atoms. The Labute approximate surface area is 164 Å². The lowest BCUT2D eigenvalue weighted by molar-refractivity contribution is 0.0962. The van der Waals surface area contributed by atoms with Crippen LogP contribution in [0.2, 0.25) is 0 Å². The highest BCUT2D eigenvalue weighted by Crippen LogP contribution is 2.29. The summed E-state index contributed by atoms with van der Waals surface area (Å²) >= 11 is 0. The number of anilines is 1. The number of amides is 1. The molecule has 2 aliphatic rings. The van der Waals surface area contributed by atoms with Crippen molar-refractivity contribution in [3.05, 3.63) is 54.1 Å². The Morgan fingerprint density at radius 3 is 2.25 bits per heavy atom. The van der Waals surface area contributed by atoms with E-state index in [0.29, 0.717) is 17.2 Å². The number of carbonyl (C=O) groups is 1. The van der Waals surface area contributed by atoms with E-state index < -0.39 is 10.0 Å². The highest BCUT2D eigenvalue weighted by Gasteiger charge is 2.27. The third-order valence-electron chi connectivity index (χ3n) is 4.68. The Morgan fingerprint density at radius 1 is 0.964 bits per heavy atom. The van der Waals surface area contributed by atoms with Crippen LogP contribution in [0.3, 0.4) is 0 Å². The van der Waals surface area contributed by atoms with Crippen molar-refractivity contribution < 1.29 is 17.9 Å². The fourth-order valence-corrected chi connectivity index (χ4v) is 3.91. The maximum absolute atomic E-state index is 12.2.